The van der Waals surface area contributed by atoms with E-state index in [9.17, 15) is 13.6 Å². The Morgan fingerprint density at radius 3 is 2.63 bits per heavy atom. The van der Waals surface area contributed by atoms with Crippen molar-refractivity contribution in [3.63, 3.8) is 0 Å². The van der Waals surface area contributed by atoms with Crippen LogP contribution in [0, 0.1) is 0 Å². The first-order valence-corrected chi connectivity index (χ1v) is 8.92. The lowest BCUT2D eigenvalue weighted by atomic mass is 9.93. The topological polar surface area (TPSA) is 68.8 Å². The summed E-state index contributed by atoms with van der Waals surface area (Å²) in [5, 5.41) is 6.40. The predicted molar refractivity (Wildman–Crippen MR) is 99.8 cm³/mol. The maximum absolute atomic E-state index is 12.6. The number of alkyl halides is 2. The van der Waals surface area contributed by atoms with Crippen LogP contribution in [0.3, 0.4) is 0 Å². The molecule has 0 spiro atoms. The summed E-state index contributed by atoms with van der Waals surface area (Å²) in [6, 6.07) is 3.92. The Morgan fingerprint density at radius 2 is 2.04 bits per heavy atom. The van der Waals surface area contributed by atoms with Crippen molar-refractivity contribution in [2.75, 3.05) is 13.7 Å². The normalized spacial score (nSPS) is 16.7. The minimum Gasteiger partial charge on any atom is -0.490 e. The van der Waals surface area contributed by atoms with Crippen LogP contribution in [-0.4, -0.2) is 31.4 Å². The van der Waals surface area contributed by atoms with Crippen LogP contribution in [0.25, 0.3) is 0 Å². The van der Waals surface area contributed by atoms with Gasteiger partial charge in [-0.1, -0.05) is 19.4 Å². The van der Waals surface area contributed by atoms with Gasteiger partial charge in [0.15, 0.2) is 16.6 Å². The SMILES string of the molecule is CCCC1=C(C(=O)OC)[C@H](c2ccc(OC(F)F)c(OCC)c2)NC(=S)N1. The summed E-state index contributed by atoms with van der Waals surface area (Å²) in [6.07, 6.45) is 1.40. The molecule has 0 amide bonds. The van der Waals surface area contributed by atoms with E-state index in [2.05, 4.69) is 15.4 Å². The molecular formula is C18H22F2N2O4S. The van der Waals surface area contributed by atoms with Gasteiger partial charge in [0.1, 0.15) is 0 Å². The maximum Gasteiger partial charge on any atom is 0.387 e. The first-order chi connectivity index (χ1) is 12.9. The van der Waals surface area contributed by atoms with Crippen LogP contribution in [0.2, 0.25) is 0 Å². The Hall–Kier alpha value is -2.42. The zero-order chi connectivity index (χ0) is 20.0. The van der Waals surface area contributed by atoms with Gasteiger partial charge in [0.2, 0.25) is 0 Å². The number of carbonyl (C=O) groups excluding carboxylic acids is 1. The molecule has 0 radical (unpaired) electrons. The van der Waals surface area contributed by atoms with Gasteiger partial charge in [-0.15, -0.1) is 0 Å². The minimum absolute atomic E-state index is 0.0792. The zero-order valence-corrected chi connectivity index (χ0v) is 16.1. The third kappa shape index (κ3) is 5.06. The molecule has 9 heteroatoms. The number of esters is 1. The number of halogens is 2. The van der Waals surface area contributed by atoms with Gasteiger partial charge in [-0.25, -0.2) is 4.79 Å². The summed E-state index contributed by atoms with van der Waals surface area (Å²) in [6.45, 7) is 1.01. The monoisotopic (exact) mass is 400 g/mol. The van der Waals surface area contributed by atoms with E-state index in [1.807, 2.05) is 6.92 Å². The third-order valence-corrected chi connectivity index (χ3v) is 4.10. The lowest BCUT2D eigenvalue weighted by molar-refractivity contribution is -0.136. The highest BCUT2D eigenvalue weighted by Crippen LogP contribution is 2.36. The molecule has 0 unspecified atom stereocenters. The summed E-state index contributed by atoms with van der Waals surface area (Å²) < 4.78 is 40.1. The lowest BCUT2D eigenvalue weighted by Crippen LogP contribution is -2.45. The minimum atomic E-state index is -2.97. The fourth-order valence-electron chi connectivity index (χ4n) is 2.83. The first kappa shape index (κ1) is 20.9. The van der Waals surface area contributed by atoms with E-state index >= 15 is 0 Å². The van der Waals surface area contributed by atoms with Gasteiger partial charge >= 0.3 is 12.6 Å². The molecular weight excluding hydrogens is 378 g/mol. The van der Waals surface area contributed by atoms with Gasteiger partial charge in [-0.2, -0.15) is 8.78 Å². The summed E-state index contributed by atoms with van der Waals surface area (Å²) in [4.78, 5) is 12.4. The van der Waals surface area contributed by atoms with Crippen LogP contribution < -0.4 is 20.1 Å². The molecule has 27 heavy (non-hydrogen) atoms. The van der Waals surface area contributed by atoms with Crippen LogP contribution in [0.15, 0.2) is 29.5 Å². The van der Waals surface area contributed by atoms with Gasteiger partial charge in [-0.3, -0.25) is 0 Å². The maximum atomic E-state index is 12.6. The summed E-state index contributed by atoms with van der Waals surface area (Å²) in [5.41, 5.74) is 1.67. The Balaban J connectivity index is 2.52. The molecule has 1 atom stereocenters. The Labute approximate surface area is 161 Å². The molecule has 0 saturated carbocycles. The number of allylic oxidation sites excluding steroid dienone is 1. The molecule has 1 aliphatic heterocycles. The quantitative estimate of drug-likeness (QED) is 0.512. The number of carbonyl (C=O) groups is 1. The average molecular weight is 400 g/mol. The highest BCUT2D eigenvalue weighted by atomic mass is 32.1. The van der Waals surface area contributed by atoms with E-state index in [1.54, 1.807) is 19.1 Å². The second-order valence-electron chi connectivity index (χ2n) is 5.68. The largest absolute Gasteiger partial charge is 0.490 e. The standard InChI is InChI=1S/C18H22F2N2O4S/c1-4-6-11-14(16(23)24-3)15(22-18(27)21-11)10-7-8-12(26-17(19)20)13(9-10)25-5-2/h7-9,15,17H,4-6H2,1-3H3,(H2,21,22,27)/t15-/m0/s1. The predicted octanol–water partition coefficient (Wildman–Crippen LogP) is 3.43. The van der Waals surface area contributed by atoms with Gasteiger partial charge in [-0.05, 0) is 43.3 Å². The molecule has 0 aliphatic carbocycles. The molecule has 6 nitrogen and oxygen atoms in total. The Bertz CT molecular complexity index is 740. The van der Waals surface area contributed by atoms with Crippen molar-refractivity contribution in [1.82, 2.24) is 10.6 Å². The fourth-order valence-corrected chi connectivity index (χ4v) is 3.07. The van der Waals surface area contributed by atoms with Crippen LogP contribution in [0.1, 0.15) is 38.3 Å². The van der Waals surface area contributed by atoms with Gasteiger partial charge in [0, 0.05) is 5.70 Å². The molecule has 1 heterocycles. The first-order valence-electron chi connectivity index (χ1n) is 8.51. The van der Waals surface area contributed by atoms with Gasteiger partial charge in [0.25, 0.3) is 0 Å². The van der Waals surface area contributed by atoms with Crippen molar-refractivity contribution in [2.24, 2.45) is 0 Å². The van der Waals surface area contributed by atoms with Crippen molar-refractivity contribution in [2.45, 2.75) is 39.3 Å². The molecule has 0 fully saturated rings. The molecule has 0 bridgehead atoms. The van der Waals surface area contributed by atoms with Crippen molar-refractivity contribution in [3.05, 3.63) is 35.0 Å². The smallest absolute Gasteiger partial charge is 0.387 e. The Kier molecular flexibility index (Phi) is 7.35. The van der Waals surface area contributed by atoms with Crippen molar-refractivity contribution in [3.8, 4) is 11.5 Å². The summed E-state index contributed by atoms with van der Waals surface area (Å²) in [7, 11) is 1.30. The van der Waals surface area contributed by atoms with Crippen molar-refractivity contribution in [1.29, 1.82) is 0 Å². The molecule has 1 aromatic rings. The van der Waals surface area contributed by atoms with Crippen LogP contribution >= 0.6 is 12.2 Å². The molecule has 2 N–H and O–H groups in total. The molecule has 2 rings (SSSR count). The van der Waals surface area contributed by atoms with E-state index in [1.165, 1.54) is 13.2 Å². The van der Waals surface area contributed by atoms with E-state index in [0.29, 0.717) is 28.4 Å². The molecule has 1 aliphatic rings. The number of benzene rings is 1. The number of nitrogens with one attached hydrogen (secondary N) is 2. The van der Waals surface area contributed by atoms with Gasteiger partial charge in [0.05, 0.1) is 25.3 Å². The van der Waals surface area contributed by atoms with E-state index < -0.39 is 18.6 Å². The third-order valence-electron chi connectivity index (χ3n) is 3.88. The number of hydrogen-bond acceptors (Lipinski definition) is 5. The molecule has 0 aromatic heterocycles. The molecule has 148 valence electrons. The van der Waals surface area contributed by atoms with Crippen molar-refractivity contribution >= 4 is 23.3 Å². The second-order valence-corrected chi connectivity index (χ2v) is 6.09. The molecule has 1 aromatic carbocycles. The second kappa shape index (κ2) is 9.50. The summed E-state index contributed by atoms with van der Waals surface area (Å²) in [5.74, 6) is -0.427. The van der Waals surface area contributed by atoms with E-state index in [4.69, 9.17) is 21.7 Å². The van der Waals surface area contributed by atoms with E-state index in [0.717, 1.165) is 6.42 Å². The zero-order valence-electron chi connectivity index (χ0n) is 15.3. The van der Waals surface area contributed by atoms with Gasteiger partial charge < -0.3 is 24.8 Å². The fraction of sp³-hybridized carbons (Fsp3) is 0.444. The highest BCUT2D eigenvalue weighted by molar-refractivity contribution is 7.80. The number of thiocarbonyl (C=S) groups is 1. The average Bonchev–Trinajstić information content (AvgIpc) is 2.62. The number of ether oxygens (including phenoxy) is 3. The number of methoxy groups -OCH3 is 1. The highest BCUT2D eigenvalue weighted by Gasteiger charge is 2.32. The Morgan fingerprint density at radius 1 is 1.30 bits per heavy atom. The lowest BCUT2D eigenvalue weighted by Gasteiger charge is -2.31. The van der Waals surface area contributed by atoms with Crippen LogP contribution in [0.4, 0.5) is 8.78 Å². The van der Waals surface area contributed by atoms with Crippen LogP contribution in [0.5, 0.6) is 11.5 Å². The number of hydrogen-bond donors (Lipinski definition) is 2. The van der Waals surface area contributed by atoms with E-state index in [-0.39, 0.29) is 18.1 Å². The molecule has 0 saturated heterocycles. The van der Waals surface area contributed by atoms with Crippen LogP contribution in [-0.2, 0) is 9.53 Å². The number of rotatable bonds is 8. The summed E-state index contributed by atoms with van der Waals surface area (Å²) >= 11 is 5.25. The van der Waals surface area contributed by atoms with Crippen molar-refractivity contribution < 1.29 is 27.8 Å².